The van der Waals surface area contributed by atoms with Crippen LogP contribution in [0.4, 0.5) is 13.2 Å². The molecule has 0 amide bonds. The summed E-state index contributed by atoms with van der Waals surface area (Å²) in [4.78, 5) is 1.91. The van der Waals surface area contributed by atoms with Crippen molar-refractivity contribution < 1.29 is 17.9 Å². The van der Waals surface area contributed by atoms with Crippen LogP contribution in [-0.2, 0) is 10.9 Å². The second-order valence-electron chi connectivity index (χ2n) is 4.84. The van der Waals surface area contributed by atoms with Crippen molar-refractivity contribution in [1.29, 1.82) is 5.26 Å². The van der Waals surface area contributed by atoms with E-state index in [0.29, 0.717) is 31.6 Å². The lowest BCUT2D eigenvalue weighted by Gasteiger charge is -2.28. The maximum Gasteiger partial charge on any atom is 0.416 e. The second-order valence-corrected chi connectivity index (χ2v) is 4.84. The minimum Gasteiger partial charge on any atom is -0.383 e. The molecule has 6 heteroatoms. The first-order chi connectivity index (χ1) is 9.90. The Morgan fingerprint density at radius 1 is 1.38 bits per heavy atom. The highest BCUT2D eigenvalue weighted by Crippen LogP contribution is 2.31. The van der Waals surface area contributed by atoms with E-state index in [-0.39, 0.29) is 6.04 Å². The van der Waals surface area contributed by atoms with Crippen LogP contribution in [0.25, 0.3) is 0 Å². The van der Waals surface area contributed by atoms with E-state index in [4.69, 9.17) is 10.00 Å². The molecule has 1 aromatic carbocycles. The fraction of sp³-hybridized carbons (Fsp3) is 0.533. The number of hydrogen-bond donors (Lipinski definition) is 0. The van der Waals surface area contributed by atoms with Gasteiger partial charge in [-0.3, -0.25) is 4.90 Å². The van der Waals surface area contributed by atoms with Crippen molar-refractivity contribution in [3.05, 3.63) is 35.4 Å². The molecule has 0 N–H and O–H groups in total. The monoisotopic (exact) mass is 300 g/mol. The van der Waals surface area contributed by atoms with E-state index >= 15 is 0 Å². The zero-order valence-corrected chi connectivity index (χ0v) is 12.2. The number of benzene rings is 1. The van der Waals surface area contributed by atoms with E-state index in [9.17, 15) is 13.2 Å². The number of alkyl halides is 3. The summed E-state index contributed by atoms with van der Waals surface area (Å²) in [6, 6.07) is 7.08. The van der Waals surface area contributed by atoms with Gasteiger partial charge in [0, 0.05) is 13.5 Å². The van der Waals surface area contributed by atoms with Crippen LogP contribution in [0.15, 0.2) is 24.3 Å². The van der Waals surface area contributed by atoms with E-state index in [1.54, 1.807) is 6.07 Å². The average Bonchev–Trinajstić information content (AvgIpc) is 2.44. The second kappa shape index (κ2) is 8.01. The summed E-state index contributed by atoms with van der Waals surface area (Å²) in [7, 11) is 3.34. The average molecular weight is 300 g/mol. The number of unbranched alkanes of at least 4 members (excludes halogenated alkanes) is 1. The Balaban J connectivity index is 2.92. The van der Waals surface area contributed by atoms with E-state index in [2.05, 4.69) is 6.07 Å². The molecule has 0 aromatic heterocycles. The maximum atomic E-state index is 12.8. The fourth-order valence-corrected chi connectivity index (χ4v) is 2.12. The van der Waals surface area contributed by atoms with Gasteiger partial charge in [0.1, 0.15) is 0 Å². The predicted molar refractivity (Wildman–Crippen MR) is 73.5 cm³/mol. The quantitative estimate of drug-likeness (QED) is 0.721. The van der Waals surface area contributed by atoms with Gasteiger partial charge in [-0.25, -0.2) is 0 Å². The molecule has 3 nitrogen and oxygen atoms in total. The molecule has 0 heterocycles. The largest absolute Gasteiger partial charge is 0.416 e. The molecule has 0 aliphatic heterocycles. The summed E-state index contributed by atoms with van der Waals surface area (Å²) in [5.74, 6) is 0. The van der Waals surface area contributed by atoms with Crippen LogP contribution in [0, 0.1) is 11.3 Å². The Bertz CT molecular complexity index is 483. The summed E-state index contributed by atoms with van der Waals surface area (Å²) in [6.07, 6.45) is -3.26. The molecule has 1 rings (SSSR count). The van der Waals surface area contributed by atoms with Gasteiger partial charge in [0.05, 0.1) is 24.3 Å². The maximum absolute atomic E-state index is 12.8. The van der Waals surface area contributed by atoms with Crippen LogP contribution in [0.5, 0.6) is 0 Å². The van der Waals surface area contributed by atoms with Crippen molar-refractivity contribution in [2.24, 2.45) is 0 Å². The molecule has 0 aliphatic carbocycles. The number of nitriles is 1. The smallest absolute Gasteiger partial charge is 0.383 e. The molecule has 116 valence electrons. The normalized spacial score (nSPS) is 13.2. The SMILES string of the molecule is COC[C@@H](c1cccc(C(F)(F)F)c1)N(C)CCCC#N. The van der Waals surface area contributed by atoms with E-state index < -0.39 is 11.7 Å². The van der Waals surface area contributed by atoms with Crippen molar-refractivity contribution in [3.8, 4) is 6.07 Å². The number of halogens is 3. The van der Waals surface area contributed by atoms with Gasteiger partial charge in [0.15, 0.2) is 0 Å². The van der Waals surface area contributed by atoms with Crippen molar-refractivity contribution in [3.63, 3.8) is 0 Å². The molecule has 0 radical (unpaired) electrons. The number of rotatable bonds is 7. The molecular formula is C15H19F3N2O. The lowest BCUT2D eigenvalue weighted by Crippen LogP contribution is -2.29. The lowest BCUT2D eigenvalue weighted by molar-refractivity contribution is -0.137. The Labute approximate surface area is 122 Å². The van der Waals surface area contributed by atoms with E-state index in [1.807, 2.05) is 11.9 Å². The highest BCUT2D eigenvalue weighted by Gasteiger charge is 2.31. The zero-order valence-electron chi connectivity index (χ0n) is 12.2. The van der Waals surface area contributed by atoms with Gasteiger partial charge in [-0.2, -0.15) is 18.4 Å². The minimum absolute atomic E-state index is 0.268. The first kappa shape index (κ1) is 17.5. The molecule has 0 saturated carbocycles. The predicted octanol–water partition coefficient (Wildman–Crippen LogP) is 3.63. The first-order valence-electron chi connectivity index (χ1n) is 6.63. The molecule has 0 saturated heterocycles. The number of nitrogens with zero attached hydrogens (tertiary/aromatic N) is 2. The van der Waals surface area contributed by atoms with Crippen LogP contribution in [0.1, 0.15) is 30.0 Å². The van der Waals surface area contributed by atoms with Gasteiger partial charge in [-0.15, -0.1) is 0 Å². The van der Waals surface area contributed by atoms with Crippen molar-refractivity contribution >= 4 is 0 Å². The topological polar surface area (TPSA) is 36.3 Å². The van der Waals surface area contributed by atoms with E-state index in [1.165, 1.54) is 13.2 Å². The molecular weight excluding hydrogens is 281 g/mol. The van der Waals surface area contributed by atoms with Gasteiger partial charge in [0.2, 0.25) is 0 Å². The fourth-order valence-electron chi connectivity index (χ4n) is 2.12. The number of methoxy groups -OCH3 is 1. The Hall–Kier alpha value is -1.58. The van der Waals surface area contributed by atoms with Crippen molar-refractivity contribution in [2.45, 2.75) is 25.1 Å². The number of ether oxygens (including phenoxy) is 1. The Morgan fingerprint density at radius 2 is 2.10 bits per heavy atom. The first-order valence-corrected chi connectivity index (χ1v) is 6.63. The minimum atomic E-state index is -4.35. The zero-order chi connectivity index (χ0) is 15.9. The van der Waals surface area contributed by atoms with Crippen LogP contribution >= 0.6 is 0 Å². The van der Waals surface area contributed by atoms with Gasteiger partial charge < -0.3 is 4.74 Å². The number of likely N-dealkylation sites (N-methyl/N-ethyl adjacent to an activating group) is 1. The lowest BCUT2D eigenvalue weighted by atomic mass is 10.0. The van der Waals surface area contributed by atoms with E-state index in [0.717, 1.165) is 12.1 Å². The standard InChI is InChI=1S/C15H19F3N2O/c1-20(9-4-3-8-19)14(11-21-2)12-6-5-7-13(10-12)15(16,17)18/h5-7,10,14H,3-4,9,11H2,1-2H3/t14-/m0/s1. The summed E-state index contributed by atoms with van der Waals surface area (Å²) in [5.41, 5.74) is -0.0994. The summed E-state index contributed by atoms with van der Waals surface area (Å²) in [6.45, 7) is 0.919. The third-order valence-corrected chi connectivity index (χ3v) is 3.25. The highest BCUT2D eigenvalue weighted by molar-refractivity contribution is 5.28. The van der Waals surface area contributed by atoms with Crippen LogP contribution in [0.2, 0.25) is 0 Å². The summed E-state index contributed by atoms with van der Waals surface area (Å²) < 4.78 is 43.5. The molecule has 0 fully saturated rings. The van der Waals surface area contributed by atoms with Crippen LogP contribution in [0.3, 0.4) is 0 Å². The van der Waals surface area contributed by atoms with Gasteiger partial charge in [0.25, 0.3) is 0 Å². The summed E-state index contributed by atoms with van der Waals surface area (Å²) in [5, 5.41) is 8.55. The molecule has 21 heavy (non-hydrogen) atoms. The molecule has 1 aromatic rings. The Morgan fingerprint density at radius 3 is 2.67 bits per heavy atom. The van der Waals surface area contributed by atoms with Crippen molar-refractivity contribution in [2.75, 3.05) is 27.3 Å². The van der Waals surface area contributed by atoms with Crippen LogP contribution < -0.4 is 0 Å². The third-order valence-electron chi connectivity index (χ3n) is 3.25. The Kier molecular flexibility index (Phi) is 6.66. The molecule has 1 atom stereocenters. The molecule has 0 aliphatic rings. The molecule has 0 spiro atoms. The highest BCUT2D eigenvalue weighted by atomic mass is 19.4. The van der Waals surface area contributed by atoms with Crippen molar-refractivity contribution in [1.82, 2.24) is 4.90 Å². The third kappa shape index (κ3) is 5.37. The van der Waals surface area contributed by atoms with Gasteiger partial charge in [-0.05, 0) is 37.7 Å². The number of hydrogen-bond acceptors (Lipinski definition) is 3. The molecule has 0 unspecified atom stereocenters. The summed E-state index contributed by atoms with van der Waals surface area (Å²) >= 11 is 0. The van der Waals surface area contributed by atoms with Gasteiger partial charge in [-0.1, -0.05) is 12.1 Å². The molecule has 0 bridgehead atoms. The van der Waals surface area contributed by atoms with Gasteiger partial charge >= 0.3 is 6.18 Å². The van der Waals surface area contributed by atoms with Crippen LogP contribution in [-0.4, -0.2) is 32.2 Å².